The maximum absolute atomic E-state index is 11.8. The van der Waals surface area contributed by atoms with Gasteiger partial charge in [0, 0.05) is 13.2 Å². The molecule has 0 aliphatic rings. The number of hydrogen-bond acceptors (Lipinski definition) is 2. The first kappa shape index (κ1) is 13.4. The average Bonchev–Trinajstić information content (AvgIpc) is 2.14. The quantitative estimate of drug-likeness (QED) is 0.712. The van der Waals surface area contributed by atoms with Crippen LogP contribution < -0.4 is 5.32 Å². The Morgan fingerprint density at radius 2 is 2.00 bits per heavy atom. The number of carbonyl (C=O) groups excluding carboxylic acids is 1. The second-order valence-electron chi connectivity index (χ2n) is 4.07. The Morgan fingerprint density at radius 3 is 2.36 bits per heavy atom. The zero-order valence-electron chi connectivity index (χ0n) is 10.0. The van der Waals surface area contributed by atoms with Crippen molar-refractivity contribution in [3.8, 4) is 0 Å². The third kappa shape index (κ3) is 3.29. The van der Waals surface area contributed by atoms with Gasteiger partial charge in [-0.25, -0.2) is 0 Å². The van der Waals surface area contributed by atoms with Crippen LogP contribution in [-0.4, -0.2) is 25.7 Å². The molecule has 0 aliphatic carbocycles. The third-order valence-corrected chi connectivity index (χ3v) is 2.74. The number of rotatable bonds is 6. The van der Waals surface area contributed by atoms with Crippen LogP contribution in [0.15, 0.2) is 0 Å². The highest BCUT2D eigenvalue weighted by atomic mass is 16.5. The lowest BCUT2D eigenvalue weighted by Gasteiger charge is -2.31. The summed E-state index contributed by atoms with van der Waals surface area (Å²) in [6.45, 7) is 11.8. The van der Waals surface area contributed by atoms with Crippen molar-refractivity contribution in [1.29, 1.82) is 0 Å². The minimum Gasteiger partial charge on any atom is -0.381 e. The molecule has 0 aromatic carbocycles. The Balaban J connectivity index is 4.45. The van der Waals surface area contributed by atoms with E-state index in [4.69, 9.17) is 4.74 Å². The fourth-order valence-electron chi connectivity index (χ4n) is 1.17. The van der Waals surface area contributed by atoms with Crippen molar-refractivity contribution in [2.75, 3.05) is 19.8 Å². The van der Waals surface area contributed by atoms with E-state index in [0.29, 0.717) is 19.8 Å². The zero-order chi connectivity index (χ0) is 11.2. The van der Waals surface area contributed by atoms with Gasteiger partial charge in [-0.05, 0) is 26.7 Å². The van der Waals surface area contributed by atoms with Crippen molar-refractivity contribution in [1.82, 2.24) is 5.32 Å². The molecule has 1 unspecified atom stereocenters. The van der Waals surface area contributed by atoms with Gasteiger partial charge in [-0.2, -0.15) is 0 Å². The fraction of sp³-hybridized carbons (Fsp3) is 0.909. The van der Waals surface area contributed by atoms with Crippen LogP contribution >= 0.6 is 0 Å². The van der Waals surface area contributed by atoms with Crippen molar-refractivity contribution < 1.29 is 9.53 Å². The molecule has 1 N–H and O–H groups in total. The van der Waals surface area contributed by atoms with Gasteiger partial charge in [0.25, 0.3) is 0 Å². The van der Waals surface area contributed by atoms with Crippen molar-refractivity contribution in [2.24, 2.45) is 11.3 Å². The molecule has 3 heteroatoms. The van der Waals surface area contributed by atoms with Gasteiger partial charge >= 0.3 is 0 Å². The van der Waals surface area contributed by atoms with Crippen LogP contribution in [-0.2, 0) is 9.53 Å². The van der Waals surface area contributed by atoms with Crippen LogP contribution in [0.3, 0.4) is 0 Å². The van der Waals surface area contributed by atoms with Crippen LogP contribution in [0, 0.1) is 11.3 Å². The van der Waals surface area contributed by atoms with E-state index in [2.05, 4.69) is 5.32 Å². The first-order chi connectivity index (χ1) is 6.49. The Bertz CT molecular complexity index is 180. The molecule has 0 heterocycles. The minimum absolute atomic E-state index is 0.0865. The summed E-state index contributed by atoms with van der Waals surface area (Å²) >= 11 is 0. The standard InChI is InChI=1S/C11H23NO2/c1-6-12-10(13)11(5,9(3)4)8-14-7-2/h9H,6-8H2,1-5H3,(H,12,13). The molecule has 0 spiro atoms. The molecule has 0 aliphatic heterocycles. The molecule has 84 valence electrons. The summed E-state index contributed by atoms with van der Waals surface area (Å²) in [6.07, 6.45) is 0. The molecular formula is C11H23NO2. The van der Waals surface area contributed by atoms with E-state index in [0.717, 1.165) is 0 Å². The van der Waals surface area contributed by atoms with Crippen molar-refractivity contribution in [3.05, 3.63) is 0 Å². The van der Waals surface area contributed by atoms with Crippen LogP contribution in [0.4, 0.5) is 0 Å². The molecule has 0 aromatic rings. The molecule has 0 rings (SSSR count). The van der Waals surface area contributed by atoms with Crippen LogP contribution in [0.25, 0.3) is 0 Å². The molecule has 1 atom stereocenters. The Hall–Kier alpha value is -0.570. The predicted molar refractivity (Wildman–Crippen MR) is 58.1 cm³/mol. The highest BCUT2D eigenvalue weighted by Crippen LogP contribution is 2.27. The van der Waals surface area contributed by atoms with E-state index < -0.39 is 5.41 Å². The summed E-state index contributed by atoms with van der Waals surface area (Å²) in [5, 5.41) is 2.86. The van der Waals surface area contributed by atoms with Crippen molar-refractivity contribution in [2.45, 2.75) is 34.6 Å². The monoisotopic (exact) mass is 201 g/mol. The van der Waals surface area contributed by atoms with Gasteiger partial charge in [0.05, 0.1) is 12.0 Å². The summed E-state index contributed by atoms with van der Waals surface area (Å²) < 4.78 is 5.37. The largest absolute Gasteiger partial charge is 0.381 e. The van der Waals surface area contributed by atoms with Crippen LogP contribution in [0.1, 0.15) is 34.6 Å². The van der Waals surface area contributed by atoms with Gasteiger partial charge in [0.1, 0.15) is 0 Å². The average molecular weight is 201 g/mol. The molecule has 3 nitrogen and oxygen atoms in total. The molecule has 0 bridgehead atoms. The third-order valence-electron chi connectivity index (χ3n) is 2.74. The topological polar surface area (TPSA) is 38.3 Å². The first-order valence-corrected chi connectivity index (χ1v) is 5.35. The van der Waals surface area contributed by atoms with Crippen molar-refractivity contribution >= 4 is 5.91 Å². The number of nitrogens with one attached hydrogen (secondary N) is 1. The van der Waals surface area contributed by atoms with Gasteiger partial charge < -0.3 is 10.1 Å². The summed E-state index contributed by atoms with van der Waals surface area (Å²) in [5.41, 5.74) is -0.411. The Morgan fingerprint density at radius 1 is 1.43 bits per heavy atom. The smallest absolute Gasteiger partial charge is 0.228 e. The highest BCUT2D eigenvalue weighted by molar-refractivity contribution is 5.82. The fourth-order valence-corrected chi connectivity index (χ4v) is 1.17. The van der Waals surface area contributed by atoms with E-state index in [1.807, 2.05) is 34.6 Å². The molecule has 1 amide bonds. The van der Waals surface area contributed by atoms with Crippen LogP contribution in [0.2, 0.25) is 0 Å². The van der Waals surface area contributed by atoms with E-state index >= 15 is 0 Å². The summed E-state index contributed by atoms with van der Waals surface area (Å²) in [7, 11) is 0. The lowest BCUT2D eigenvalue weighted by molar-refractivity contribution is -0.136. The van der Waals surface area contributed by atoms with E-state index in [1.165, 1.54) is 0 Å². The Kier molecular flexibility index (Phi) is 5.77. The number of hydrogen-bond donors (Lipinski definition) is 1. The van der Waals surface area contributed by atoms with Gasteiger partial charge in [-0.3, -0.25) is 4.79 Å². The maximum atomic E-state index is 11.8. The first-order valence-electron chi connectivity index (χ1n) is 5.35. The van der Waals surface area contributed by atoms with Crippen LogP contribution in [0.5, 0.6) is 0 Å². The van der Waals surface area contributed by atoms with E-state index in [9.17, 15) is 4.79 Å². The summed E-state index contributed by atoms with van der Waals surface area (Å²) in [5.74, 6) is 0.365. The van der Waals surface area contributed by atoms with Crippen molar-refractivity contribution in [3.63, 3.8) is 0 Å². The molecule has 0 saturated carbocycles. The number of carbonyl (C=O) groups is 1. The van der Waals surface area contributed by atoms with Gasteiger partial charge in [-0.15, -0.1) is 0 Å². The summed E-state index contributed by atoms with van der Waals surface area (Å²) in [6, 6.07) is 0. The molecule has 0 fully saturated rings. The second kappa shape index (κ2) is 6.02. The predicted octanol–water partition coefficient (Wildman–Crippen LogP) is 1.82. The number of amides is 1. The summed E-state index contributed by atoms with van der Waals surface area (Å²) in [4.78, 5) is 11.8. The Labute approximate surface area is 87.2 Å². The van der Waals surface area contributed by atoms with E-state index in [-0.39, 0.29) is 11.8 Å². The van der Waals surface area contributed by atoms with E-state index in [1.54, 1.807) is 0 Å². The molecule has 0 aromatic heterocycles. The van der Waals surface area contributed by atoms with Gasteiger partial charge in [0.2, 0.25) is 5.91 Å². The molecule has 14 heavy (non-hydrogen) atoms. The lowest BCUT2D eigenvalue weighted by Crippen LogP contribution is -2.45. The SMILES string of the molecule is CCNC(=O)C(C)(COCC)C(C)C. The zero-order valence-corrected chi connectivity index (χ0v) is 10.0. The molecule has 0 radical (unpaired) electrons. The van der Waals surface area contributed by atoms with Gasteiger partial charge in [0.15, 0.2) is 0 Å². The normalized spacial score (nSPS) is 15.3. The second-order valence-corrected chi connectivity index (χ2v) is 4.07. The molecule has 0 saturated heterocycles. The maximum Gasteiger partial charge on any atom is 0.228 e. The minimum atomic E-state index is -0.411. The highest BCUT2D eigenvalue weighted by Gasteiger charge is 2.36. The number of ether oxygens (including phenoxy) is 1. The lowest BCUT2D eigenvalue weighted by atomic mass is 9.79. The van der Waals surface area contributed by atoms with Gasteiger partial charge in [-0.1, -0.05) is 13.8 Å². The molecular weight excluding hydrogens is 178 g/mol.